The average Bonchev–Trinajstić information content (AvgIpc) is 2.73. The molecule has 0 bridgehead atoms. The van der Waals surface area contributed by atoms with Crippen molar-refractivity contribution in [1.82, 2.24) is 5.43 Å². The van der Waals surface area contributed by atoms with E-state index in [4.69, 9.17) is 21.1 Å². The van der Waals surface area contributed by atoms with Gasteiger partial charge in [0, 0.05) is 0 Å². The summed E-state index contributed by atoms with van der Waals surface area (Å²) < 4.78 is 75.0. The van der Waals surface area contributed by atoms with E-state index in [-0.39, 0.29) is 5.02 Å². The number of amides is 1. The summed E-state index contributed by atoms with van der Waals surface area (Å²) in [6.45, 7) is 3.63. The molecule has 0 aliphatic heterocycles. The maximum atomic E-state index is 13.1. The zero-order valence-corrected chi connectivity index (χ0v) is 20.1. The van der Waals surface area contributed by atoms with Crippen LogP contribution >= 0.6 is 11.6 Å². The minimum absolute atomic E-state index is 0.271. The third-order valence-electron chi connectivity index (χ3n) is 4.20. The summed E-state index contributed by atoms with van der Waals surface area (Å²) in [5.74, 6) is 0.112. The first-order valence-electron chi connectivity index (χ1n) is 9.92. The Labute approximate surface area is 200 Å². The van der Waals surface area contributed by atoms with Crippen LogP contribution in [0.3, 0.4) is 0 Å². The maximum Gasteiger partial charge on any atom is 0.416 e. The second kappa shape index (κ2) is 11.4. The molecule has 13 heteroatoms. The molecule has 2 aromatic carbocycles. The van der Waals surface area contributed by atoms with Crippen molar-refractivity contribution < 1.29 is 35.9 Å². The molecule has 0 fully saturated rings. The van der Waals surface area contributed by atoms with Crippen molar-refractivity contribution in [1.29, 1.82) is 0 Å². The molecule has 0 radical (unpaired) electrons. The molecule has 0 unspecified atom stereocenters. The number of anilines is 1. The molecule has 1 N–H and O–H groups in total. The Bertz CT molecular complexity index is 1160. The Balaban J connectivity index is 2.20. The van der Waals surface area contributed by atoms with Crippen LogP contribution < -0.4 is 19.2 Å². The van der Waals surface area contributed by atoms with Crippen LogP contribution in [0, 0.1) is 0 Å². The lowest BCUT2D eigenvalue weighted by atomic mass is 10.2. The molecule has 0 saturated carbocycles. The van der Waals surface area contributed by atoms with Gasteiger partial charge in [-0.05, 0) is 55.8 Å². The molecule has 34 heavy (non-hydrogen) atoms. The predicted molar refractivity (Wildman–Crippen MR) is 123 cm³/mol. The number of benzene rings is 2. The Morgan fingerprint density at radius 3 is 2.35 bits per heavy atom. The second-order valence-corrected chi connectivity index (χ2v) is 9.11. The van der Waals surface area contributed by atoms with E-state index in [2.05, 4.69) is 10.5 Å². The fourth-order valence-corrected chi connectivity index (χ4v) is 3.88. The Kier molecular flexibility index (Phi) is 9.16. The van der Waals surface area contributed by atoms with E-state index in [0.29, 0.717) is 46.7 Å². The highest BCUT2D eigenvalue weighted by molar-refractivity contribution is 7.92. The van der Waals surface area contributed by atoms with Crippen LogP contribution in [0.5, 0.6) is 11.5 Å². The highest BCUT2D eigenvalue weighted by Gasteiger charge is 2.33. The Morgan fingerprint density at radius 2 is 1.76 bits per heavy atom. The van der Waals surface area contributed by atoms with Gasteiger partial charge in [0.1, 0.15) is 6.54 Å². The number of carbonyl (C=O) groups excluding carboxylic acids is 1. The molecular formula is C21H23ClF3N3O5S. The van der Waals surface area contributed by atoms with Crippen LogP contribution in [0.2, 0.25) is 5.02 Å². The maximum absolute atomic E-state index is 13.1. The second-order valence-electron chi connectivity index (χ2n) is 6.80. The summed E-state index contributed by atoms with van der Waals surface area (Å²) in [5, 5.41) is 3.50. The summed E-state index contributed by atoms with van der Waals surface area (Å²) in [4.78, 5) is 12.3. The first-order valence-corrected chi connectivity index (χ1v) is 12.2. The topological polar surface area (TPSA) is 97.3 Å². The summed E-state index contributed by atoms with van der Waals surface area (Å²) in [7, 11) is -4.16. The fourth-order valence-electron chi connectivity index (χ4n) is 2.75. The van der Waals surface area contributed by atoms with Gasteiger partial charge in [0.2, 0.25) is 10.0 Å². The van der Waals surface area contributed by atoms with Gasteiger partial charge in [-0.3, -0.25) is 9.10 Å². The van der Waals surface area contributed by atoms with Gasteiger partial charge in [-0.15, -0.1) is 0 Å². The monoisotopic (exact) mass is 521 g/mol. The average molecular weight is 522 g/mol. The predicted octanol–water partition coefficient (Wildman–Crippen LogP) is 4.07. The third-order valence-corrected chi connectivity index (χ3v) is 5.65. The quantitative estimate of drug-likeness (QED) is 0.375. The van der Waals surface area contributed by atoms with Crippen molar-refractivity contribution >= 4 is 39.4 Å². The number of carbonyl (C=O) groups is 1. The summed E-state index contributed by atoms with van der Waals surface area (Å²) in [6, 6.07) is 7.15. The molecule has 0 saturated heterocycles. The molecule has 0 aromatic heterocycles. The van der Waals surface area contributed by atoms with E-state index >= 15 is 0 Å². The number of alkyl halides is 3. The number of hydrogen-bond acceptors (Lipinski definition) is 6. The molecule has 0 aliphatic carbocycles. The molecule has 8 nitrogen and oxygen atoms in total. The van der Waals surface area contributed by atoms with Gasteiger partial charge in [0.25, 0.3) is 5.91 Å². The number of nitrogens with one attached hydrogen (secondary N) is 1. The standard InChI is InChI=1S/C21H23ClF3N3O5S/c1-4-32-18-9-6-14(10-19(18)33-5-2)12-26-27-20(29)13-28(34(3,30)31)17-11-15(21(23,24)25)7-8-16(17)22/h6-12H,4-5,13H2,1-3H3,(H,27,29)/b26-12+. The van der Waals surface area contributed by atoms with Crippen molar-refractivity contribution in [3.8, 4) is 11.5 Å². The van der Waals surface area contributed by atoms with E-state index in [1.54, 1.807) is 25.1 Å². The lowest BCUT2D eigenvalue weighted by Gasteiger charge is -2.23. The first-order chi connectivity index (χ1) is 15.9. The smallest absolute Gasteiger partial charge is 0.416 e. The van der Waals surface area contributed by atoms with Gasteiger partial charge in [0.05, 0.1) is 42.0 Å². The highest BCUT2D eigenvalue weighted by atomic mass is 35.5. The first kappa shape index (κ1) is 27.3. The van der Waals surface area contributed by atoms with E-state index < -0.39 is 39.9 Å². The SMILES string of the molecule is CCOc1ccc(/C=N/NC(=O)CN(c2cc(C(F)(F)F)ccc2Cl)S(C)(=O)=O)cc1OCC. The van der Waals surface area contributed by atoms with Gasteiger partial charge in [0.15, 0.2) is 11.5 Å². The summed E-state index contributed by atoms with van der Waals surface area (Å²) in [6.07, 6.45) is -2.69. The van der Waals surface area contributed by atoms with Gasteiger partial charge < -0.3 is 9.47 Å². The number of rotatable bonds is 10. The van der Waals surface area contributed by atoms with E-state index in [1.165, 1.54) is 6.21 Å². The normalized spacial score (nSPS) is 12.0. The van der Waals surface area contributed by atoms with Crippen molar-refractivity contribution in [3.05, 3.63) is 52.5 Å². The molecular weight excluding hydrogens is 499 g/mol. The largest absolute Gasteiger partial charge is 0.490 e. The van der Waals surface area contributed by atoms with E-state index in [1.807, 2.05) is 6.92 Å². The number of hydrogen-bond donors (Lipinski definition) is 1. The van der Waals surface area contributed by atoms with E-state index in [0.717, 1.165) is 12.3 Å². The molecule has 1 amide bonds. The number of halogens is 4. The molecule has 0 aliphatic rings. The number of hydrazone groups is 1. The van der Waals surface area contributed by atoms with Crippen LogP contribution in [-0.4, -0.2) is 46.6 Å². The van der Waals surface area contributed by atoms with E-state index in [9.17, 15) is 26.4 Å². The lowest BCUT2D eigenvalue weighted by Crippen LogP contribution is -2.39. The van der Waals surface area contributed by atoms with Crippen molar-refractivity contribution in [3.63, 3.8) is 0 Å². The van der Waals surface area contributed by atoms with Crippen LogP contribution in [-0.2, 0) is 21.0 Å². The number of ether oxygens (including phenoxy) is 2. The number of nitrogens with zero attached hydrogens (tertiary/aromatic N) is 2. The van der Waals surface area contributed by atoms with Crippen LogP contribution in [0.1, 0.15) is 25.0 Å². The highest BCUT2D eigenvalue weighted by Crippen LogP contribution is 2.36. The van der Waals surface area contributed by atoms with Gasteiger partial charge >= 0.3 is 6.18 Å². The van der Waals surface area contributed by atoms with Gasteiger partial charge in [-0.1, -0.05) is 11.6 Å². The Hall–Kier alpha value is -2.99. The van der Waals surface area contributed by atoms with Gasteiger partial charge in [-0.25, -0.2) is 13.8 Å². The van der Waals surface area contributed by atoms with Crippen molar-refractivity contribution in [2.24, 2.45) is 5.10 Å². The Morgan fingerprint density at radius 1 is 1.12 bits per heavy atom. The van der Waals surface area contributed by atoms with Gasteiger partial charge in [-0.2, -0.15) is 18.3 Å². The zero-order valence-electron chi connectivity index (χ0n) is 18.5. The molecule has 0 spiro atoms. The summed E-state index contributed by atoms with van der Waals surface area (Å²) in [5.41, 5.74) is 1.10. The molecule has 186 valence electrons. The minimum atomic E-state index is -4.73. The minimum Gasteiger partial charge on any atom is -0.490 e. The van der Waals surface area contributed by atoms with Crippen molar-refractivity contribution in [2.45, 2.75) is 20.0 Å². The molecule has 2 aromatic rings. The molecule has 0 heterocycles. The number of sulfonamides is 1. The zero-order chi connectivity index (χ0) is 25.5. The molecule has 2 rings (SSSR count). The third kappa shape index (κ3) is 7.52. The summed E-state index contributed by atoms with van der Waals surface area (Å²) >= 11 is 5.93. The molecule has 0 atom stereocenters. The van der Waals surface area contributed by atoms with Crippen LogP contribution in [0.15, 0.2) is 41.5 Å². The van der Waals surface area contributed by atoms with Crippen LogP contribution in [0.4, 0.5) is 18.9 Å². The van der Waals surface area contributed by atoms with Crippen LogP contribution in [0.25, 0.3) is 0 Å². The fraction of sp³-hybridized carbons (Fsp3) is 0.333. The lowest BCUT2D eigenvalue weighted by molar-refractivity contribution is -0.137. The van der Waals surface area contributed by atoms with Crippen molar-refractivity contribution in [2.75, 3.05) is 30.3 Å².